The van der Waals surface area contributed by atoms with Gasteiger partial charge in [-0.05, 0) is 30.0 Å². The fourth-order valence-electron chi connectivity index (χ4n) is 3.95. The van der Waals surface area contributed by atoms with Gasteiger partial charge in [0.1, 0.15) is 5.82 Å². The Morgan fingerprint density at radius 1 is 1.16 bits per heavy atom. The molecular formula is C25H23N7. The first kappa shape index (κ1) is 19.8. The molecule has 7 nitrogen and oxygen atoms in total. The molecule has 0 amide bonds. The van der Waals surface area contributed by atoms with Gasteiger partial charge in [0, 0.05) is 53.2 Å². The number of hydrogen-bond acceptors (Lipinski definition) is 4. The molecule has 0 unspecified atom stereocenters. The van der Waals surface area contributed by atoms with Crippen molar-refractivity contribution in [2.45, 2.75) is 26.2 Å². The van der Waals surface area contributed by atoms with Crippen LogP contribution in [0.3, 0.4) is 0 Å². The molecule has 158 valence electrons. The van der Waals surface area contributed by atoms with Crippen LogP contribution in [0.2, 0.25) is 0 Å². The molecule has 0 atom stereocenters. The number of nitrogens with zero attached hydrogens (tertiary/aromatic N) is 5. The van der Waals surface area contributed by atoms with E-state index in [0.717, 1.165) is 46.8 Å². The summed E-state index contributed by atoms with van der Waals surface area (Å²) in [6, 6.07) is 12.1. The molecular weight excluding hydrogens is 398 g/mol. The minimum absolute atomic E-state index is 0.294. The lowest BCUT2D eigenvalue weighted by Crippen LogP contribution is -2.10. The second-order valence-electron chi connectivity index (χ2n) is 8.10. The Morgan fingerprint density at radius 3 is 2.88 bits per heavy atom. The zero-order valence-electron chi connectivity index (χ0n) is 18.0. The Labute approximate surface area is 186 Å². The number of aromatic amines is 1. The van der Waals surface area contributed by atoms with Gasteiger partial charge in [-0.25, -0.2) is 9.83 Å². The lowest BCUT2D eigenvalue weighted by Gasteiger charge is -2.12. The molecule has 0 radical (unpaired) electrons. The maximum atomic E-state index is 7.29. The van der Waals surface area contributed by atoms with Gasteiger partial charge in [0.15, 0.2) is 5.65 Å². The van der Waals surface area contributed by atoms with Crippen LogP contribution in [0, 0.1) is 6.57 Å². The van der Waals surface area contributed by atoms with Crippen molar-refractivity contribution in [1.29, 1.82) is 0 Å². The van der Waals surface area contributed by atoms with Gasteiger partial charge < -0.3 is 10.3 Å². The van der Waals surface area contributed by atoms with Crippen molar-refractivity contribution in [2.75, 3.05) is 11.9 Å². The van der Waals surface area contributed by atoms with Crippen LogP contribution in [-0.2, 0) is 6.42 Å². The van der Waals surface area contributed by atoms with Crippen molar-refractivity contribution in [3.63, 3.8) is 0 Å². The first-order valence-electron chi connectivity index (χ1n) is 10.6. The van der Waals surface area contributed by atoms with Crippen LogP contribution in [0.15, 0.2) is 61.2 Å². The molecule has 0 saturated heterocycles. The maximum absolute atomic E-state index is 7.29. The average Bonchev–Trinajstić information content (AvgIpc) is 3.43. The number of aromatic nitrogens is 5. The highest BCUT2D eigenvalue weighted by molar-refractivity contribution is 5.83. The molecule has 5 aromatic rings. The fourth-order valence-corrected chi connectivity index (χ4v) is 3.95. The Balaban J connectivity index is 1.50. The van der Waals surface area contributed by atoms with Crippen molar-refractivity contribution in [3.8, 4) is 11.3 Å². The van der Waals surface area contributed by atoms with Crippen LogP contribution >= 0.6 is 0 Å². The van der Waals surface area contributed by atoms with Crippen molar-refractivity contribution in [2.24, 2.45) is 0 Å². The lowest BCUT2D eigenvalue weighted by molar-refractivity contribution is 0.871. The van der Waals surface area contributed by atoms with Crippen LogP contribution in [-0.4, -0.2) is 31.1 Å². The number of nitrogens with one attached hydrogen (secondary N) is 2. The SMILES string of the molecule is [C-]#[N+]c1cncc(-c2cc(NCCc3c[nH]c4ccccc34)n3ncc(C(C)C)c3n2)c1. The summed E-state index contributed by atoms with van der Waals surface area (Å²) in [5, 5.41) is 9.39. The zero-order valence-corrected chi connectivity index (χ0v) is 18.0. The van der Waals surface area contributed by atoms with Gasteiger partial charge in [-0.1, -0.05) is 32.0 Å². The minimum Gasteiger partial charge on any atom is -0.370 e. The van der Waals surface area contributed by atoms with Crippen LogP contribution in [0.25, 0.3) is 32.7 Å². The maximum Gasteiger partial charge on any atom is 0.205 e. The van der Waals surface area contributed by atoms with Crippen LogP contribution in [0.5, 0.6) is 0 Å². The van der Waals surface area contributed by atoms with Crippen molar-refractivity contribution >= 4 is 28.1 Å². The van der Waals surface area contributed by atoms with Gasteiger partial charge in [-0.15, -0.1) is 0 Å². The van der Waals surface area contributed by atoms with Gasteiger partial charge in [-0.2, -0.15) is 9.61 Å². The van der Waals surface area contributed by atoms with Crippen molar-refractivity contribution in [1.82, 2.24) is 24.6 Å². The minimum atomic E-state index is 0.294. The Bertz CT molecular complexity index is 1450. The molecule has 2 N–H and O–H groups in total. The van der Waals surface area contributed by atoms with Crippen molar-refractivity contribution < 1.29 is 0 Å². The standard InChI is InChI=1S/C25H23N7/c1-16(2)21-15-30-32-24(28-9-8-17-13-29-22-7-5-4-6-20(17)22)11-23(31-25(21)32)18-10-19(26-3)14-27-12-18/h4-7,10-16,28-29H,8-9H2,1-2H3. The van der Waals surface area contributed by atoms with Gasteiger partial charge in [-0.3, -0.25) is 4.98 Å². The smallest absolute Gasteiger partial charge is 0.205 e. The number of fused-ring (bicyclic) bond motifs is 2. The Morgan fingerprint density at radius 2 is 2.03 bits per heavy atom. The Hall–Kier alpha value is -4.18. The highest BCUT2D eigenvalue weighted by Crippen LogP contribution is 2.28. The molecule has 4 aromatic heterocycles. The molecule has 5 rings (SSSR count). The number of pyridine rings is 1. The second kappa shape index (κ2) is 8.16. The molecule has 7 heteroatoms. The molecule has 0 bridgehead atoms. The van der Waals surface area contributed by atoms with E-state index in [4.69, 9.17) is 11.6 Å². The van der Waals surface area contributed by atoms with Crippen LogP contribution in [0.4, 0.5) is 11.5 Å². The third-order valence-corrected chi connectivity index (χ3v) is 5.65. The quantitative estimate of drug-likeness (QED) is 0.350. The van der Waals surface area contributed by atoms with E-state index in [9.17, 15) is 0 Å². The van der Waals surface area contributed by atoms with E-state index in [-0.39, 0.29) is 0 Å². The number of anilines is 1. The van der Waals surface area contributed by atoms with E-state index in [0.29, 0.717) is 11.6 Å². The molecule has 0 saturated carbocycles. The normalized spacial score (nSPS) is 11.3. The predicted octanol–water partition coefficient (Wildman–Crippen LogP) is 5.60. The topological polar surface area (TPSA) is 75.3 Å². The summed E-state index contributed by atoms with van der Waals surface area (Å²) in [6.07, 6.45) is 8.14. The first-order chi connectivity index (χ1) is 15.6. The summed E-state index contributed by atoms with van der Waals surface area (Å²) in [6.45, 7) is 12.3. The van der Waals surface area contributed by atoms with E-state index in [1.165, 1.54) is 10.9 Å². The van der Waals surface area contributed by atoms with E-state index in [1.54, 1.807) is 12.4 Å². The molecule has 0 aliphatic heterocycles. The van der Waals surface area contributed by atoms with Gasteiger partial charge in [0.05, 0.1) is 18.5 Å². The molecule has 1 aromatic carbocycles. The van der Waals surface area contributed by atoms with Gasteiger partial charge in [0.25, 0.3) is 0 Å². The highest BCUT2D eigenvalue weighted by atomic mass is 15.3. The number of benzene rings is 1. The van der Waals surface area contributed by atoms with E-state index >= 15 is 0 Å². The zero-order chi connectivity index (χ0) is 22.1. The van der Waals surface area contributed by atoms with Gasteiger partial charge >= 0.3 is 0 Å². The monoisotopic (exact) mass is 421 g/mol. The summed E-state index contributed by atoms with van der Waals surface area (Å²) in [7, 11) is 0. The number of rotatable bonds is 6. The van der Waals surface area contributed by atoms with Crippen LogP contribution in [0.1, 0.15) is 30.9 Å². The van der Waals surface area contributed by atoms with Gasteiger partial charge in [0.2, 0.25) is 5.69 Å². The summed E-state index contributed by atoms with van der Waals surface area (Å²) >= 11 is 0. The number of H-pyrrole nitrogens is 1. The fraction of sp³-hybridized carbons (Fsp3) is 0.200. The van der Waals surface area contributed by atoms with Crippen molar-refractivity contribution in [3.05, 3.63) is 83.7 Å². The predicted molar refractivity (Wildman–Crippen MR) is 127 cm³/mol. The summed E-state index contributed by atoms with van der Waals surface area (Å²) in [5.41, 5.74) is 6.41. The van der Waals surface area contributed by atoms with E-state index < -0.39 is 0 Å². The van der Waals surface area contributed by atoms with E-state index in [1.807, 2.05) is 28.9 Å². The summed E-state index contributed by atoms with van der Waals surface area (Å²) in [5.74, 6) is 1.16. The molecule has 4 heterocycles. The second-order valence-corrected chi connectivity index (χ2v) is 8.10. The summed E-state index contributed by atoms with van der Waals surface area (Å²) < 4.78 is 1.86. The molecule has 0 aliphatic carbocycles. The molecule has 0 fully saturated rings. The summed E-state index contributed by atoms with van der Waals surface area (Å²) in [4.78, 5) is 15.9. The van der Waals surface area contributed by atoms with Crippen LogP contribution < -0.4 is 5.32 Å². The largest absolute Gasteiger partial charge is 0.370 e. The first-order valence-corrected chi connectivity index (χ1v) is 10.6. The molecule has 0 spiro atoms. The highest BCUT2D eigenvalue weighted by Gasteiger charge is 2.15. The molecule has 0 aliphatic rings. The molecule has 32 heavy (non-hydrogen) atoms. The number of hydrogen-bond donors (Lipinski definition) is 2. The third-order valence-electron chi connectivity index (χ3n) is 5.65. The third kappa shape index (κ3) is 3.56. The average molecular weight is 422 g/mol. The van der Waals surface area contributed by atoms with E-state index in [2.05, 4.69) is 63.5 Å². The Kier molecular flexibility index (Phi) is 5.04. The lowest BCUT2D eigenvalue weighted by atomic mass is 10.1. The number of para-hydroxylation sites is 1.